The van der Waals surface area contributed by atoms with Crippen LogP contribution in [0.15, 0.2) is 0 Å². The first kappa shape index (κ1) is 15.5. The Morgan fingerprint density at radius 1 is 1.23 bits per heavy atom. The third-order valence-electron chi connectivity index (χ3n) is 5.44. The van der Waals surface area contributed by atoms with Crippen LogP contribution in [0, 0.1) is 13.8 Å². The Kier molecular flexibility index (Phi) is 4.52. The highest BCUT2D eigenvalue weighted by Crippen LogP contribution is 2.22. The van der Waals surface area contributed by atoms with Gasteiger partial charge in [0.1, 0.15) is 0 Å². The molecule has 0 spiro atoms. The molecule has 0 saturated carbocycles. The summed E-state index contributed by atoms with van der Waals surface area (Å²) in [5.74, 6) is 0.313. The summed E-state index contributed by atoms with van der Waals surface area (Å²) in [6.07, 6.45) is 5.32. The zero-order chi connectivity index (χ0) is 15.7. The van der Waals surface area contributed by atoms with Gasteiger partial charge in [-0.1, -0.05) is 6.42 Å². The summed E-state index contributed by atoms with van der Waals surface area (Å²) in [6.45, 7) is 8.24. The van der Waals surface area contributed by atoms with Crippen molar-refractivity contribution in [3.63, 3.8) is 0 Å². The van der Waals surface area contributed by atoms with E-state index in [1.165, 1.54) is 37.1 Å². The molecule has 3 heterocycles. The molecule has 0 aromatic carbocycles. The molecule has 2 fully saturated rings. The Hall–Kier alpha value is -1.36. The van der Waals surface area contributed by atoms with E-state index in [1.807, 2.05) is 18.7 Å². The van der Waals surface area contributed by atoms with Crippen LogP contribution >= 0.6 is 0 Å². The van der Waals surface area contributed by atoms with Crippen LogP contribution in [0.25, 0.3) is 0 Å². The molecule has 0 radical (unpaired) electrons. The van der Waals surface area contributed by atoms with Crippen molar-refractivity contribution in [2.24, 2.45) is 7.05 Å². The molecule has 1 atom stereocenters. The summed E-state index contributed by atoms with van der Waals surface area (Å²) in [5, 5.41) is 4.44. The minimum absolute atomic E-state index is 0.313. The first-order valence-electron chi connectivity index (χ1n) is 8.57. The number of hydrogen-bond donors (Lipinski definition) is 0. The fourth-order valence-corrected chi connectivity index (χ4v) is 3.95. The van der Waals surface area contributed by atoms with Crippen LogP contribution in [0.4, 0.5) is 0 Å². The molecule has 122 valence electrons. The van der Waals surface area contributed by atoms with Crippen LogP contribution < -0.4 is 0 Å². The molecule has 0 unspecified atom stereocenters. The van der Waals surface area contributed by atoms with Crippen molar-refractivity contribution in [1.29, 1.82) is 0 Å². The molecule has 0 aliphatic carbocycles. The highest BCUT2D eigenvalue weighted by atomic mass is 16.2. The summed E-state index contributed by atoms with van der Waals surface area (Å²) >= 11 is 0. The standard InChI is InChI=1S/C17H28N4O/c1-13-16(14(2)19(3)18-13)7-8-17(22)21-11-10-20-9-5-4-6-15(20)12-21/h15H,4-12H2,1-3H3/t15-/m1/s1. The maximum Gasteiger partial charge on any atom is 0.223 e. The fourth-order valence-electron chi connectivity index (χ4n) is 3.95. The predicted octanol–water partition coefficient (Wildman–Crippen LogP) is 1.67. The van der Waals surface area contributed by atoms with Gasteiger partial charge in [0.25, 0.3) is 0 Å². The molecule has 22 heavy (non-hydrogen) atoms. The number of nitrogens with zero attached hydrogens (tertiary/aromatic N) is 4. The molecule has 5 heteroatoms. The van der Waals surface area contributed by atoms with Crippen molar-refractivity contribution in [3.05, 3.63) is 17.0 Å². The minimum Gasteiger partial charge on any atom is -0.340 e. The summed E-state index contributed by atoms with van der Waals surface area (Å²) in [4.78, 5) is 17.2. The second-order valence-corrected chi connectivity index (χ2v) is 6.80. The number of amides is 1. The number of aryl methyl sites for hydroxylation is 2. The van der Waals surface area contributed by atoms with E-state index in [9.17, 15) is 4.79 Å². The van der Waals surface area contributed by atoms with Gasteiger partial charge in [0.15, 0.2) is 0 Å². The monoisotopic (exact) mass is 304 g/mol. The van der Waals surface area contributed by atoms with Gasteiger partial charge in [0.05, 0.1) is 5.69 Å². The summed E-state index contributed by atoms with van der Waals surface area (Å²) in [5.41, 5.74) is 3.49. The average Bonchev–Trinajstić information content (AvgIpc) is 2.77. The Morgan fingerprint density at radius 2 is 2.05 bits per heavy atom. The van der Waals surface area contributed by atoms with E-state index in [2.05, 4.69) is 21.8 Å². The molecule has 2 aliphatic heterocycles. The number of rotatable bonds is 3. The third kappa shape index (κ3) is 3.05. The van der Waals surface area contributed by atoms with Crippen molar-refractivity contribution in [2.45, 2.75) is 52.0 Å². The van der Waals surface area contributed by atoms with Gasteiger partial charge < -0.3 is 4.90 Å². The molecule has 2 aliphatic rings. The number of piperazine rings is 1. The number of carbonyl (C=O) groups excluding carboxylic acids is 1. The van der Waals surface area contributed by atoms with Crippen molar-refractivity contribution >= 4 is 5.91 Å². The highest BCUT2D eigenvalue weighted by Gasteiger charge is 2.30. The Morgan fingerprint density at radius 3 is 2.77 bits per heavy atom. The van der Waals surface area contributed by atoms with E-state index in [1.54, 1.807) is 0 Å². The van der Waals surface area contributed by atoms with E-state index in [0.717, 1.165) is 31.7 Å². The van der Waals surface area contributed by atoms with E-state index in [-0.39, 0.29) is 0 Å². The molecule has 2 saturated heterocycles. The van der Waals surface area contributed by atoms with Crippen LogP contribution in [0.2, 0.25) is 0 Å². The maximum absolute atomic E-state index is 12.6. The van der Waals surface area contributed by atoms with Crippen molar-refractivity contribution in [3.8, 4) is 0 Å². The number of aromatic nitrogens is 2. The van der Waals surface area contributed by atoms with Gasteiger partial charge in [-0.25, -0.2) is 0 Å². The van der Waals surface area contributed by atoms with E-state index in [0.29, 0.717) is 18.4 Å². The number of piperidine rings is 1. The quantitative estimate of drug-likeness (QED) is 0.853. The zero-order valence-corrected chi connectivity index (χ0v) is 14.1. The maximum atomic E-state index is 12.6. The SMILES string of the molecule is Cc1nn(C)c(C)c1CCC(=O)N1CCN2CCCC[C@@H]2C1. The second kappa shape index (κ2) is 6.41. The van der Waals surface area contributed by atoms with Crippen molar-refractivity contribution in [2.75, 3.05) is 26.2 Å². The summed E-state index contributed by atoms with van der Waals surface area (Å²) in [6, 6.07) is 0.605. The van der Waals surface area contributed by atoms with Gasteiger partial charge in [-0.05, 0) is 45.2 Å². The van der Waals surface area contributed by atoms with Gasteiger partial charge >= 0.3 is 0 Å². The van der Waals surface area contributed by atoms with Crippen molar-refractivity contribution in [1.82, 2.24) is 19.6 Å². The molecule has 3 rings (SSSR count). The lowest BCUT2D eigenvalue weighted by molar-refractivity contribution is -0.134. The summed E-state index contributed by atoms with van der Waals surface area (Å²) in [7, 11) is 1.97. The molecule has 0 bridgehead atoms. The Balaban J connectivity index is 1.56. The van der Waals surface area contributed by atoms with E-state index < -0.39 is 0 Å². The minimum atomic E-state index is 0.313. The van der Waals surface area contributed by atoms with Crippen LogP contribution in [0.1, 0.15) is 42.6 Å². The smallest absolute Gasteiger partial charge is 0.223 e. The van der Waals surface area contributed by atoms with Crippen LogP contribution in [0.5, 0.6) is 0 Å². The first-order valence-corrected chi connectivity index (χ1v) is 8.57. The van der Waals surface area contributed by atoms with Gasteiger partial charge in [-0.15, -0.1) is 0 Å². The van der Waals surface area contributed by atoms with E-state index >= 15 is 0 Å². The molecular weight excluding hydrogens is 276 g/mol. The highest BCUT2D eigenvalue weighted by molar-refractivity contribution is 5.76. The lowest BCUT2D eigenvalue weighted by Gasteiger charge is -2.44. The van der Waals surface area contributed by atoms with Crippen LogP contribution in [-0.2, 0) is 18.3 Å². The Labute approximate surface area is 133 Å². The second-order valence-electron chi connectivity index (χ2n) is 6.80. The molecule has 5 nitrogen and oxygen atoms in total. The number of hydrogen-bond acceptors (Lipinski definition) is 3. The van der Waals surface area contributed by atoms with Crippen molar-refractivity contribution < 1.29 is 4.79 Å². The van der Waals surface area contributed by atoms with E-state index in [4.69, 9.17) is 0 Å². The topological polar surface area (TPSA) is 41.4 Å². The van der Waals surface area contributed by atoms with Gasteiger partial charge in [0, 0.05) is 44.8 Å². The first-order chi connectivity index (χ1) is 10.6. The van der Waals surface area contributed by atoms with Crippen LogP contribution in [-0.4, -0.2) is 57.7 Å². The number of carbonyl (C=O) groups is 1. The Bertz CT molecular complexity index is 551. The third-order valence-corrected chi connectivity index (χ3v) is 5.44. The molecular formula is C17H28N4O. The molecule has 0 N–H and O–H groups in total. The van der Waals surface area contributed by atoms with Gasteiger partial charge in [-0.2, -0.15) is 5.10 Å². The normalized spacial score (nSPS) is 22.7. The van der Waals surface area contributed by atoms with Crippen LogP contribution in [0.3, 0.4) is 0 Å². The average molecular weight is 304 g/mol. The lowest BCUT2D eigenvalue weighted by Crippen LogP contribution is -2.56. The molecule has 1 amide bonds. The molecule has 1 aromatic rings. The predicted molar refractivity (Wildman–Crippen MR) is 86.8 cm³/mol. The zero-order valence-electron chi connectivity index (χ0n) is 14.1. The fraction of sp³-hybridized carbons (Fsp3) is 0.765. The largest absolute Gasteiger partial charge is 0.340 e. The lowest BCUT2D eigenvalue weighted by atomic mass is 9.99. The van der Waals surface area contributed by atoms with Gasteiger partial charge in [-0.3, -0.25) is 14.4 Å². The van der Waals surface area contributed by atoms with Gasteiger partial charge in [0.2, 0.25) is 5.91 Å². The summed E-state index contributed by atoms with van der Waals surface area (Å²) < 4.78 is 1.91. The molecule has 1 aromatic heterocycles. The number of fused-ring (bicyclic) bond motifs is 1.